The Balaban J connectivity index is 1.80. The summed E-state index contributed by atoms with van der Waals surface area (Å²) in [5, 5.41) is 14.1. The minimum atomic E-state index is -3.98. The van der Waals surface area contributed by atoms with Gasteiger partial charge in [0.1, 0.15) is 0 Å². The molecule has 1 unspecified atom stereocenters. The Morgan fingerprint density at radius 2 is 1.50 bits per heavy atom. The normalized spacial score (nSPS) is 17.4. The van der Waals surface area contributed by atoms with Crippen LogP contribution in [0.5, 0.6) is 0 Å². The highest BCUT2D eigenvalue weighted by atomic mass is 32.2. The molecule has 0 aliphatic carbocycles. The summed E-state index contributed by atoms with van der Waals surface area (Å²) in [5.74, 6) is -1.67. The van der Waals surface area contributed by atoms with Gasteiger partial charge in [0.05, 0.1) is 28.7 Å². The smallest absolute Gasteiger partial charge is 0.243 e. The van der Waals surface area contributed by atoms with Gasteiger partial charge >= 0.3 is 0 Å². The van der Waals surface area contributed by atoms with E-state index in [1.165, 1.54) is 20.7 Å². The maximum atomic E-state index is 13.8. The number of rotatable bonds is 14. The van der Waals surface area contributed by atoms with E-state index in [0.29, 0.717) is 13.1 Å². The van der Waals surface area contributed by atoms with Crippen molar-refractivity contribution in [1.29, 1.82) is 0 Å². The summed E-state index contributed by atoms with van der Waals surface area (Å²) < 4.78 is 56.0. The second-order valence-corrected chi connectivity index (χ2v) is 14.9. The zero-order chi connectivity index (χ0) is 29.3. The predicted octanol–water partition coefficient (Wildman–Crippen LogP) is 2.87. The first-order chi connectivity index (χ1) is 18.9. The van der Waals surface area contributed by atoms with Crippen molar-refractivity contribution in [3.63, 3.8) is 0 Å². The third-order valence-corrected chi connectivity index (χ3v) is 11.1. The van der Waals surface area contributed by atoms with Crippen molar-refractivity contribution in [1.82, 2.24) is 13.9 Å². The molecule has 1 aliphatic rings. The zero-order valence-electron chi connectivity index (χ0n) is 23.6. The molecule has 3 atom stereocenters. The van der Waals surface area contributed by atoms with E-state index in [0.717, 1.165) is 24.8 Å². The molecule has 222 valence electrons. The maximum absolute atomic E-state index is 13.8. The average molecular weight is 594 g/mol. The van der Waals surface area contributed by atoms with Gasteiger partial charge in [0.2, 0.25) is 26.0 Å². The van der Waals surface area contributed by atoms with E-state index in [9.17, 15) is 26.7 Å². The first-order valence-corrected chi connectivity index (χ1v) is 17.0. The van der Waals surface area contributed by atoms with Crippen LogP contribution in [-0.2, 0) is 31.3 Å². The Morgan fingerprint density at radius 3 is 2.08 bits per heavy atom. The van der Waals surface area contributed by atoms with Crippen LogP contribution in [0.1, 0.15) is 45.6 Å². The van der Waals surface area contributed by atoms with Crippen molar-refractivity contribution in [2.24, 2.45) is 11.8 Å². The lowest BCUT2D eigenvalue weighted by Gasteiger charge is -2.35. The second-order valence-electron chi connectivity index (χ2n) is 11.0. The largest absolute Gasteiger partial charge is 0.390 e. The van der Waals surface area contributed by atoms with Crippen LogP contribution < -0.4 is 5.32 Å². The second kappa shape index (κ2) is 14.5. The van der Waals surface area contributed by atoms with E-state index in [2.05, 4.69) is 5.32 Å². The number of sulfonamides is 2. The van der Waals surface area contributed by atoms with E-state index in [-0.39, 0.29) is 36.1 Å². The van der Waals surface area contributed by atoms with Crippen LogP contribution in [-0.4, -0.2) is 80.5 Å². The van der Waals surface area contributed by atoms with Crippen LogP contribution >= 0.6 is 0 Å². The number of carbonyl (C=O) groups is 1. The molecule has 0 spiro atoms. The van der Waals surface area contributed by atoms with Crippen molar-refractivity contribution >= 4 is 26.0 Å². The molecule has 0 radical (unpaired) electrons. The average Bonchev–Trinajstić information content (AvgIpc) is 2.94. The van der Waals surface area contributed by atoms with Gasteiger partial charge in [0.25, 0.3) is 0 Å². The van der Waals surface area contributed by atoms with E-state index in [4.69, 9.17) is 0 Å². The minimum absolute atomic E-state index is 0.0291. The van der Waals surface area contributed by atoms with E-state index >= 15 is 0 Å². The number of hydrogen-bond donors (Lipinski definition) is 2. The van der Waals surface area contributed by atoms with Gasteiger partial charge in [0, 0.05) is 26.2 Å². The lowest BCUT2D eigenvalue weighted by Crippen LogP contribution is -2.53. The molecule has 0 saturated carbocycles. The predicted molar refractivity (Wildman–Crippen MR) is 156 cm³/mol. The van der Waals surface area contributed by atoms with Crippen LogP contribution in [0.4, 0.5) is 0 Å². The molecule has 0 bridgehead atoms. The van der Waals surface area contributed by atoms with Crippen LogP contribution in [0, 0.1) is 11.8 Å². The molecular formula is C29H43N3O6S2. The lowest BCUT2D eigenvalue weighted by atomic mass is 10.00. The fraction of sp³-hybridized carbons (Fsp3) is 0.552. The summed E-state index contributed by atoms with van der Waals surface area (Å²) in [5.41, 5.74) is 0.843. The van der Waals surface area contributed by atoms with Gasteiger partial charge in [-0.05, 0) is 42.9 Å². The molecule has 1 amide bonds. The highest BCUT2D eigenvalue weighted by molar-refractivity contribution is 7.89. The van der Waals surface area contributed by atoms with Crippen molar-refractivity contribution in [3.8, 4) is 0 Å². The van der Waals surface area contributed by atoms with Gasteiger partial charge in [-0.2, -0.15) is 4.31 Å². The number of amides is 1. The Morgan fingerprint density at radius 1 is 0.925 bits per heavy atom. The van der Waals surface area contributed by atoms with Gasteiger partial charge in [-0.3, -0.25) is 4.79 Å². The molecule has 2 N–H and O–H groups in total. The number of carbonyl (C=O) groups excluding carboxylic acids is 1. The lowest BCUT2D eigenvalue weighted by molar-refractivity contribution is -0.124. The Bertz CT molecular complexity index is 1280. The molecule has 2 aromatic carbocycles. The minimum Gasteiger partial charge on any atom is -0.390 e. The van der Waals surface area contributed by atoms with E-state index < -0.39 is 44.0 Å². The Kier molecular flexibility index (Phi) is 11.7. The highest BCUT2D eigenvalue weighted by Crippen LogP contribution is 2.24. The van der Waals surface area contributed by atoms with Crippen molar-refractivity contribution < 1.29 is 26.7 Å². The molecule has 40 heavy (non-hydrogen) atoms. The third kappa shape index (κ3) is 8.84. The number of aliphatic hydroxyl groups is 1. The fourth-order valence-electron chi connectivity index (χ4n) is 4.94. The van der Waals surface area contributed by atoms with Gasteiger partial charge in [-0.1, -0.05) is 75.7 Å². The van der Waals surface area contributed by atoms with Crippen LogP contribution in [0.25, 0.3) is 0 Å². The number of hydrogen-bond acceptors (Lipinski definition) is 6. The molecule has 2 aromatic rings. The van der Waals surface area contributed by atoms with E-state index in [1.54, 1.807) is 25.1 Å². The number of nitrogens with zero attached hydrogens (tertiary/aromatic N) is 2. The van der Waals surface area contributed by atoms with Crippen molar-refractivity contribution in [3.05, 3.63) is 66.2 Å². The molecule has 11 heteroatoms. The molecular weight excluding hydrogens is 550 g/mol. The van der Waals surface area contributed by atoms with Gasteiger partial charge in [-0.25, -0.2) is 21.1 Å². The Hall–Kier alpha value is -2.31. The number of nitrogens with one attached hydrogen (secondary N) is 1. The van der Waals surface area contributed by atoms with Crippen molar-refractivity contribution in [2.45, 2.75) is 63.5 Å². The number of aliphatic hydroxyl groups excluding tert-OH is 1. The van der Waals surface area contributed by atoms with E-state index in [1.807, 2.05) is 44.2 Å². The van der Waals surface area contributed by atoms with Gasteiger partial charge < -0.3 is 10.4 Å². The summed E-state index contributed by atoms with van der Waals surface area (Å²) in [4.78, 5) is 13.0. The number of benzene rings is 2. The topological polar surface area (TPSA) is 124 Å². The summed E-state index contributed by atoms with van der Waals surface area (Å²) in [7, 11) is -7.55. The molecule has 3 rings (SSSR count). The first-order valence-electron chi connectivity index (χ1n) is 14.0. The first kappa shape index (κ1) is 32.2. The summed E-state index contributed by atoms with van der Waals surface area (Å²) in [6.07, 6.45) is 1.61. The number of piperidine rings is 1. The standard InChI is InChI=1S/C29H43N3O6S2/c1-23(2)21-32(40(37,38)26-15-9-5-10-16-26)27(19-25-13-7-4-8-14-25)28(33)20-30-29(34)24(3)22-39(35,36)31-17-11-6-12-18-31/h4-5,7-10,13-16,23-24,27-28,33H,6,11-12,17-22H2,1-3H3,(H,30,34)/t24?,27-,28-/m1/s1. The molecule has 1 saturated heterocycles. The van der Waals surface area contributed by atoms with Gasteiger partial charge in [0.15, 0.2) is 0 Å². The van der Waals surface area contributed by atoms with Gasteiger partial charge in [-0.15, -0.1) is 0 Å². The zero-order valence-corrected chi connectivity index (χ0v) is 25.3. The molecule has 1 aliphatic heterocycles. The SMILES string of the molecule is CC(C)CN([C@H](Cc1ccccc1)[C@H](O)CNC(=O)C(C)CS(=O)(=O)N1CCCCC1)S(=O)(=O)c1ccccc1. The van der Waals surface area contributed by atoms with Crippen LogP contribution in [0.2, 0.25) is 0 Å². The summed E-state index contributed by atoms with van der Waals surface area (Å²) in [6, 6.07) is 16.5. The molecule has 0 aromatic heterocycles. The maximum Gasteiger partial charge on any atom is 0.243 e. The highest BCUT2D eigenvalue weighted by Gasteiger charge is 2.37. The van der Waals surface area contributed by atoms with Crippen molar-refractivity contribution in [2.75, 3.05) is 31.9 Å². The summed E-state index contributed by atoms with van der Waals surface area (Å²) >= 11 is 0. The molecule has 1 fully saturated rings. The fourth-order valence-corrected chi connectivity index (χ4v) is 8.59. The molecule has 1 heterocycles. The summed E-state index contributed by atoms with van der Waals surface area (Å²) in [6.45, 7) is 6.26. The van der Waals surface area contributed by atoms with Crippen LogP contribution in [0.15, 0.2) is 65.6 Å². The monoisotopic (exact) mass is 593 g/mol. The third-order valence-electron chi connectivity index (χ3n) is 7.10. The Labute approximate surface area is 239 Å². The van der Waals surface area contributed by atoms with Crippen LogP contribution in [0.3, 0.4) is 0 Å². The quantitative estimate of drug-likeness (QED) is 0.347. The molecule has 9 nitrogen and oxygen atoms in total.